The Morgan fingerprint density at radius 3 is 2.15 bits per heavy atom. The Morgan fingerprint density at radius 1 is 1.15 bits per heavy atom. The number of esters is 1. The highest BCUT2D eigenvalue weighted by Gasteiger charge is 2.12. The van der Waals surface area contributed by atoms with Crippen molar-refractivity contribution in [2.24, 2.45) is 5.92 Å². The van der Waals surface area contributed by atoms with Crippen LogP contribution in [-0.4, -0.2) is 17.7 Å². The van der Waals surface area contributed by atoms with Crippen molar-refractivity contribution in [2.75, 3.05) is 6.61 Å². The first-order valence-corrected chi connectivity index (χ1v) is 7.47. The number of aliphatic hydroxyl groups is 1. The molecule has 0 aliphatic rings. The van der Waals surface area contributed by atoms with Gasteiger partial charge in [0.2, 0.25) is 0 Å². The van der Waals surface area contributed by atoms with Gasteiger partial charge in [-0.25, -0.2) is 0 Å². The molecule has 1 aromatic rings. The molecule has 1 N–H and O–H groups in total. The van der Waals surface area contributed by atoms with E-state index in [2.05, 4.69) is 13.8 Å². The number of hydrogen-bond donors (Lipinski definition) is 1. The quantitative estimate of drug-likeness (QED) is 0.607. The highest BCUT2D eigenvalue weighted by molar-refractivity contribution is 5.72. The average molecular weight is 280 g/mol. The molecule has 0 heterocycles. The maximum Gasteiger partial charge on any atom is 0.311 e. The molecule has 1 aromatic carbocycles. The number of rotatable bonds is 7. The molecule has 0 saturated carbocycles. The van der Waals surface area contributed by atoms with E-state index >= 15 is 0 Å². The fraction of sp³-hybridized carbons (Fsp3) is 0.588. The smallest absolute Gasteiger partial charge is 0.311 e. The number of unbranched alkanes of at least 4 members (excludes halogenated alkanes) is 3. The van der Waals surface area contributed by atoms with Gasteiger partial charge in [0.25, 0.3) is 0 Å². The first-order valence-electron chi connectivity index (χ1n) is 7.47. The number of benzene rings is 1. The van der Waals surface area contributed by atoms with E-state index in [1.165, 1.54) is 25.7 Å². The second-order valence-corrected chi connectivity index (χ2v) is 4.88. The lowest BCUT2D eigenvalue weighted by molar-refractivity contribution is -0.150. The monoisotopic (exact) mass is 280 g/mol. The summed E-state index contributed by atoms with van der Waals surface area (Å²) in [4.78, 5) is 11.2. The Labute approximate surface area is 123 Å². The molecule has 20 heavy (non-hydrogen) atoms. The number of carbonyl (C=O) groups excluding carboxylic acids is 1. The predicted molar refractivity (Wildman–Crippen MR) is 82.3 cm³/mol. The lowest BCUT2D eigenvalue weighted by Crippen LogP contribution is -2.17. The Balaban J connectivity index is 0.000000511. The molecule has 0 aliphatic heterocycles. The SMILES string of the molecule is CC(CO)C(=O)OCc1ccccc1.CCCCCC. The van der Waals surface area contributed by atoms with E-state index < -0.39 is 5.92 Å². The van der Waals surface area contributed by atoms with Crippen LogP contribution in [0.5, 0.6) is 0 Å². The van der Waals surface area contributed by atoms with Gasteiger partial charge in [-0.15, -0.1) is 0 Å². The van der Waals surface area contributed by atoms with Crippen molar-refractivity contribution in [2.45, 2.75) is 53.1 Å². The molecule has 0 spiro atoms. The largest absolute Gasteiger partial charge is 0.461 e. The Kier molecular flexibility index (Phi) is 11.8. The highest BCUT2D eigenvalue weighted by Crippen LogP contribution is 2.04. The van der Waals surface area contributed by atoms with Crippen LogP contribution in [0.1, 0.15) is 52.0 Å². The Morgan fingerprint density at radius 2 is 1.70 bits per heavy atom. The second-order valence-electron chi connectivity index (χ2n) is 4.88. The summed E-state index contributed by atoms with van der Waals surface area (Å²) < 4.78 is 4.98. The summed E-state index contributed by atoms with van der Waals surface area (Å²) in [6.07, 6.45) is 5.54. The third-order valence-corrected chi connectivity index (χ3v) is 2.86. The molecule has 0 bridgehead atoms. The molecular weight excluding hydrogens is 252 g/mol. The highest BCUT2D eigenvalue weighted by atomic mass is 16.5. The number of carbonyl (C=O) groups is 1. The van der Waals surface area contributed by atoms with Crippen molar-refractivity contribution in [3.05, 3.63) is 35.9 Å². The zero-order chi connectivity index (χ0) is 15.2. The first-order chi connectivity index (χ1) is 9.65. The summed E-state index contributed by atoms with van der Waals surface area (Å²) >= 11 is 0. The lowest BCUT2D eigenvalue weighted by atomic mass is 10.2. The molecule has 1 unspecified atom stereocenters. The molecule has 1 atom stereocenters. The van der Waals surface area contributed by atoms with E-state index in [-0.39, 0.29) is 19.2 Å². The van der Waals surface area contributed by atoms with Crippen LogP contribution in [0.4, 0.5) is 0 Å². The van der Waals surface area contributed by atoms with Gasteiger partial charge in [0.1, 0.15) is 6.61 Å². The maximum absolute atomic E-state index is 11.2. The van der Waals surface area contributed by atoms with Crippen LogP contribution in [0.3, 0.4) is 0 Å². The van der Waals surface area contributed by atoms with Gasteiger partial charge in [-0.3, -0.25) is 4.79 Å². The summed E-state index contributed by atoms with van der Waals surface area (Å²) in [6, 6.07) is 9.45. The third kappa shape index (κ3) is 9.56. The van der Waals surface area contributed by atoms with Crippen LogP contribution < -0.4 is 0 Å². The van der Waals surface area contributed by atoms with Gasteiger partial charge < -0.3 is 9.84 Å². The normalized spacial score (nSPS) is 11.2. The topological polar surface area (TPSA) is 46.5 Å². The zero-order valence-electron chi connectivity index (χ0n) is 13.0. The second kappa shape index (κ2) is 12.7. The molecule has 1 rings (SSSR count). The fourth-order valence-corrected chi connectivity index (χ4v) is 1.45. The van der Waals surface area contributed by atoms with E-state index in [0.717, 1.165) is 5.56 Å². The molecule has 0 aliphatic carbocycles. The van der Waals surface area contributed by atoms with Crippen molar-refractivity contribution in [1.82, 2.24) is 0 Å². The summed E-state index contributed by atoms with van der Waals surface area (Å²) in [7, 11) is 0. The Hall–Kier alpha value is -1.35. The van der Waals surface area contributed by atoms with Gasteiger partial charge in [-0.1, -0.05) is 69.9 Å². The molecule has 3 heteroatoms. The first kappa shape index (κ1) is 18.7. The molecule has 0 fully saturated rings. The van der Waals surface area contributed by atoms with Crippen LogP contribution in [0.2, 0.25) is 0 Å². The summed E-state index contributed by atoms with van der Waals surface area (Å²) in [6.45, 7) is 6.19. The van der Waals surface area contributed by atoms with Crippen molar-refractivity contribution in [1.29, 1.82) is 0 Å². The van der Waals surface area contributed by atoms with Crippen LogP contribution in [-0.2, 0) is 16.1 Å². The lowest BCUT2D eigenvalue weighted by Gasteiger charge is -2.08. The Bertz CT molecular complexity index is 331. The molecule has 0 aromatic heterocycles. The van der Waals surface area contributed by atoms with Gasteiger partial charge in [0.05, 0.1) is 12.5 Å². The fourth-order valence-electron chi connectivity index (χ4n) is 1.45. The van der Waals surface area contributed by atoms with E-state index in [1.807, 2.05) is 30.3 Å². The maximum atomic E-state index is 11.2. The van der Waals surface area contributed by atoms with Gasteiger partial charge >= 0.3 is 5.97 Å². The number of ether oxygens (including phenoxy) is 1. The standard InChI is InChI=1S/C11H14O3.C6H14/c1-9(7-12)11(13)14-8-10-5-3-2-4-6-10;1-3-5-6-4-2/h2-6,9,12H,7-8H2,1H3;3-6H2,1-2H3. The third-order valence-electron chi connectivity index (χ3n) is 2.86. The van der Waals surface area contributed by atoms with Crippen LogP contribution in [0.15, 0.2) is 30.3 Å². The minimum absolute atomic E-state index is 0.173. The predicted octanol–water partition coefficient (Wildman–Crippen LogP) is 3.94. The van der Waals surface area contributed by atoms with Gasteiger partial charge in [-0.2, -0.15) is 0 Å². The molecule has 0 radical (unpaired) electrons. The van der Waals surface area contributed by atoms with Gasteiger partial charge in [-0.05, 0) is 12.5 Å². The molecule has 0 saturated heterocycles. The minimum Gasteiger partial charge on any atom is -0.461 e. The minimum atomic E-state index is -0.446. The zero-order valence-corrected chi connectivity index (χ0v) is 13.0. The summed E-state index contributed by atoms with van der Waals surface area (Å²) in [5, 5.41) is 8.70. The van der Waals surface area contributed by atoms with Crippen LogP contribution >= 0.6 is 0 Å². The van der Waals surface area contributed by atoms with Crippen LogP contribution in [0.25, 0.3) is 0 Å². The van der Waals surface area contributed by atoms with E-state index in [0.29, 0.717) is 0 Å². The van der Waals surface area contributed by atoms with Crippen molar-refractivity contribution in [3.8, 4) is 0 Å². The van der Waals surface area contributed by atoms with E-state index in [1.54, 1.807) is 6.92 Å². The van der Waals surface area contributed by atoms with Gasteiger partial charge in [0, 0.05) is 0 Å². The summed E-state index contributed by atoms with van der Waals surface area (Å²) in [5.41, 5.74) is 0.950. The number of hydrogen-bond acceptors (Lipinski definition) is 3. The molecule has 3 nitrogen and oxygen atoms in total. The molecule has 114 valence electrons. The van der Waals surface area contributed by atoms with Crippen molar-refractivity contribution < 1.29 is 14.6 Å². The van der Waals surface area contributed by atoms with Gasteiger partial charge in [0.15, 0.2) is 0 Å². The average Bonchev–Trinajstić information content (AvgIpc) is 2.51. The number of aliphatic hydroxyl groups excluding tert-OH is 1. The van der Waals surface area contributed by atoms with E-state index in [4.69, 9.17) is 9.84 Å². The van der Waals surface area contributed by atoms with Crippen molar-refractivity contribution in [3.63, 3.8) is 0 Å². The van der Waals surface area contributed by atoms with E-state index in [9.17, 15) is 4.79 Å². The molecule has 0 amide bonds. The van der Waals surface area contributed by atoms with Crippen molar-refractivity contribution >= 4 is 5.97 Å². The van der Waals surface area contributed by atoms with Crippen LogP contribution in [0, 0.1) is 5.92 Å². The molecular formula is C17H28O3. The summed E-state index contributed by atoms with van der Waals surface area (Å²) in [5.74, 6) is -0.810.